The Morgan fingerprint density at radius 2 is 1.65 bits per heavy atom. The molecule has 7 atom stereocenters. The highest BCUT2D eigenvalue weighted by Gasteiger charge is 2.59. The molecule has 140 valence electrons. The Bertz CT molecular complexity index is 706. The quantitative estimate of drug-likeness (QED) is 0.650. The molecule has 1 nitrogen and oxygen atoms in total. The predicted molar refractivity (Wildman–Crippen MR) is 108 cm³/mol. The third-order valence-electron chi connectivity index (χ3n) is 9.41. The first-order valence-electron chi connectivity index (χ1n) is 10.9. The fourth-order valence-electron chi connectivity index (χ4n) is 7.74. The molecule has 3 fully saturated rings. The van der Waals surface area contributed by atoms with Gasteiger partial charge in [0, 0.05) is 0 Å². The van der Waals surface area contributed by atoms with Gasteiger partial charge in [0.05, 0.1) is 6.10 Å². The molecular formula is C25H34O. The molecule has 4 aliphatic rings. The van der Waals surface area contributed by atoms with E-state index in [1.807, 2.05) is 0 Å². The number of rotatable bonds is 1. The molecule has 4 aliphatic carbocycles. The molecule has 0 amide bonds. The molecule has 0 aromatic heterocycles. The minimum absolute atomic E-state index is 0.0464. The molecule has 0 aliphatic heterocycles. The van der Waals surface area contributed by atoms with Gasteiger partial charge in [0.2, 0.25) is 0 Å². The van der Waals surface area contributed by atoms with Crippen molar-refractivity contribution in [1.82, 2.24) is 0 Å². The molecule has 0 spiro atoms. The van der Waals surface area contributed by atoms with Crippen molar-refractivity contribution in [2.24, 2.45) is 34.5 Å². The summed E-state index contributed by atoms with van der Waals surface area (Å²) in [5.41, 5.74) is 3.72. The van der Waals surface area contributed by atoms with E-state index in [0.717, 1.165) is 30.1 Å². The summed E-state index contributed by atoms with van der Waals surface area (Å²) in [5, 5.41) is 10.6. The minimum Gasteiger partial charge on any atom is -0.393 e. The van der Waals surface area contributed by atoms with Gasteiger partial charge >= 0.3 is 0 Å². The molecule has 0 heterocycles. The SMILES string of the molecule is C[C@]12CCC3C(CC[C@H]4CC(c5ccccc5)=CC[C@]34C)C1CC[C@@H]2O. The molecule has 5 rings (SSSR count). The van der Waals surface area contributed by atoms with Crippen LogP contribution in [0.2, 0.25) is 0 Å². The van der Waals surface area contributed by atoms with Gasteiger partial charge in [-0.25, -0.2) is 0 Å². The molecular weight excluding hydrogens is 316 g/mol. The molecule has 1 N–H and O–H groups in total. The monoisotopic (exact) mass is 350 g/mol. The highest BCUT2D eigenvalue weighted by Crippen LogP contribution is 2.66. The lowest BCUT2D eigenvalue weighted by atomic mass is 9.45. The maximum absolute atomic E-state index is 10.6. The third-order valence-corrected chi connectivity index (χ3v) is 9.41. The van der Waals surface area contributed by atoms with Crippen molar-refractivity contribution in [3.63, 3.8) is 0 Å². The van der Waals surface area contributed by atoms with E-state index >= 15 is 0 Å². The Morgan fingerprint density at radius 3 is 2.46 bits per heavy atom. The third kappa shape index (κ3) is 2.32. The van der Waals surface area contributed by atoms with Crippen molar-refractivity contribution in [2.45, 2.75) is 71.3 Å². The van der Waals surface area contributed by atoms with Crippen LogP contribution in [0.1, 0.15) is 70.8 Å². The van der Waals surface area contributed by atoms with Gasteiger partial charge in [-0.05, 0) is 97.0 Å². The average molecular weight is 351 g/mol. The van der Waals surface area contributed by atoms with Crippen molar-refractivity contribution >= 4 is 5.57 Å². The molecule has 26 heavy (non-hydrogen) atoms. The molecule has 0 radical (unpaired) electrons. The van der Waals surface area contributed by atoms with Crippen LogP contribution in [0.3, 0.4) is 0 Å². The summed E-state index contributed by atoms with van der Waals surface area (Å²) in [4.78, 5) is 0. The predicted octanol–water partition coefficient (Wildman–Crippen LogP) is 6.08. The zero-order valence-electron chi connectivity index (χ0n) is 16.5. The van der Waals surface area contributed by atoms with Crippen molar-refractivity contribution in [1.29, 1.82) is 0 Å². The summed E-state index contributed by atoms with van der Waals surface area (Å²) in [7, 11) is 0. The minimum atomic E-state index is -0.0464. The van der Waals surface area contributed by atoms with E-state index < -0.39 is 0 Å². The standard InChI is InChI=1S/C25H34O/c1-24-14-12-18(17-6-4-3-5-7-17)16-19(24)8-9-20-21-10-11-23(26)25(21,2)15-13-22(20)24/h3-7,12,19-23,26H,8-11,13-16H2,1-2H3/t19-,20?,21?,22?,23-,24-,25-/m0/s1. The van der Waals surface area contributed by atoms with Gasteiger partial charge in [-0.15, -0.1) is 0 Å². The first kappa shape index (κ1) is 17.0. The molecule has 1 aromatic carbocycles. The van der Waals surface area contributed by atoms with Gasteiger partial charge in [0.15, 0.2) is 0 Å². The number of aliphatic hydroxyl groups excluding tert-OH is 1. The van der Waals surface area contributed by atoms with Crippen LogP contribution >= 0.6 is 0 Å². The summed E-state index contributed by atoms with van der Waals surface area (Å²) in [5.74, 6) is 3.35. The van der Waals surface area contributed by atoms with E-state index in [-0.39, 0.29) is 11.5 Å². The molecule has 3 saturated carbocycles. The number of fused-ring (bicyclic) bond motifs is 5. The smallest absolute Gasteiger partial charge is 0.0596 e. The number of allylic oxidation sites excluding steroid dienone is 2. The molecule has 0 saturated heterocycles. The molecule has 0 bridgehead atoms. The fraction of sp³-hybridized carbons (Fsp3) is 0.680. The van der Waals surface area contributed by atoms with E-state index in [9.17, 15) is 5.11 Å². The summed E-state index contributed by atoms with van der Waals surface area (Å²) in [6, 6.07) is 11.0. The normalized spacial score (nSPS) is 47.5. The molecule has 1 aromatic rings. The lowest BCUT2D eigenvalue weighted by Gasteiger charge is -2.59. The molecule has 3 unspecified atom stereocenters. The summed E-state index contributed by atoms with van der Waals surface area (Å²) < 4.78 is 0. The van der Waals surface area contributed by atoms with Gasteiger partial charge in [0.1, 0.15) is 0 Å². The molecule has 1 heteroatoms. The van der Waals surface area contributed by atoms with Crippen LogP contribution in [0.4, 0.5) is 0 Å². The zero-order chi connectivity index (χ0) is 17.9. The van der Waals surface area contributed by atoms with Crippen LogP contribution in [0.25, 0.3) is 5.57 Å². The lowest BCUT2D eigenvalue weighted by Crippen LogP contribution is -2.53. The largest absolute Gasteiger partial charge is 0.393 e. The van der Waals surface area contributed by atoms with Crippen molar-refractivity contribution < 1.29 is 5.11 Å². The topological polar surface area (TPSA) is 20.2 Å². The van der Waals surface area contributed by atoms with Crippen molar-refractivity contribution in [3.8, 4) is 0 Å². The van der Waals surface area contributed by atoms with E-state index in [4.69, 9.17) is 0 Å². The Balaban J connectivity index is 1.43. The maximum Gasteiger partial charge on any atom is 0.0596 e. The van der Waals surface area contributed by atoms with Gasteiger partial charge in [-0.1, -0.05) is 50.3 Å². The second-order valence-electron chi connectivity index (χ2n) is 10.3. The van der Waals surface area contributed by atoms with Gasteiger partial charge < -0.3 is 5.11 Å². The van der Waals surface area contributed by atoms with Crippen molar-refractivity contribution in [2.75, 3.05) is 0 Å². The second-order valence-corrected chi connectivity index (χ2v) is 10.3. The van der Waals surface area contributed by atoms with Crippen LogP contribution in [0.5, 0.6) is 0 Å². The Kier molecular flexibility index (Phi) is 3.91. The highest BCUT2D eigenvalue weighted by atomic mass is 16.3. The van der Waals surface area contributed by atoms with Crippen LogP contribution in [-0.4, -0.2) is 11.2 Å². The first-order valence-corrected chi connectivity index (χ1v) is 10.9. The Morgan fingerprint density at radius 1 is 0.885 bits per heavy atom. The van der Waals surface area contributed by atoms with Gasteiger partial charge in [-0.3, -0.25) is 0 Å². The van der Waals surface area contributed by atoms with Crippen LogP contribution in [0.15, 0.2) is 36.4 Å². The number of aliphatic hydroxyl groups is 1. The number of benzene rings is 1. The van der Waals surface area contributed by atoms with Crippen LogP contribution < -0.4 is 0 Å². The highest BCUT2D eigenvalue weighted by molar-refractivity contribution is 5.66. The Labute approximate surface area is 158 Å². The van der Waals surface area contributed by atoms with E-state index in [1.165, 1.54) is 50.5 Å². The van der Waals surface area contributed by atoms with Gasteiger partial charge in [-0.2, -0.15) is 0 Å². The average Bonchev–Trinajstić information content (AvgIpc) is 2.97. The zero-order valence-corrected chi connectivity index (χ0v) is 16.5. The van der Waals surface area contributed by atoms with Crippen molar-refractivity contribution in [3.05, 3.63) is 42.0 Å². The summed E-state index contributed by atoms with van der Waals surface area (Å²) in [6.07, 6.45) is 12.8. The fourth-order valence-corrected chi connectivity index (χ4v) is 7.74. The summed E-state index contributed by atoms with van der Waals surface area (Å²) >= 11 is 0. The second kappa shape index (κ2) is 5.96. The van der Waals surface area contributed by atoms with Crippen LogP contribution in [0, 0.1) is 34.5 Å². The van der Waals surface area contributed by atoms with Crippen LogP contribution in [-0.2, 0) is 0 Å². The number of hydrogen-bond donors (Lipinski definition) is 1. The van der Waals surface area contributed by atoms with E-state index in [2.05, 4.69) is 50.3 Å². The number of hydrogen-bond acceptors (Lipinski definition) is 1. The van der Waals surface area contributed by atoms with E-state index in [1.54, 1.807) is 5.57 Å². The lowest BCUT2D eigenvalue weighted by molar-refractivity contribution is -0.108. The first-order chi connectivity index (χ1) is 12.5. The van der Waals surface area contributed by atoms with E-state index in [0.29, 0.717) is 5.41 Å². The maximum atomic E-state index is 10.6. The Hall–Kier alpha value is -1.08. The van der Waals surface area contributed by atoms with Gasteiger partial charge in [0.25, 0.3) is 0 Å². The summed E-state index contributed by atoms with van der Waals surface area (Å²) in [6.45, 7) is 5.01.